The lowest BCUT2D eigenvalue weighted by Gasteiger charge is -2.11. The van der Waals surface area contributed by atoms with Gasteiger partial charge in [0, 0.05) is 12.1 Å². The fourth-order valence-electron chi connectivity index (χ4n) is 2.72. The van der Waals surface area contributed by atoms with Crippen molar-refractivity contribution in [1.29, 1.82) is 0 Å². The van der Waals surface area contributed by atoms with Crippen LogP contribution in [0.2, 0.25) is 0 Å². The second-order valence-corrected chi connectivity index (χ2v) is 5.66. The Morgan fingerprint density at radius 3 is 2.52 bits per heavy atom. The average molecular weight is 335 g/mol. The van der Waals surface area contributed by atoms with E-state index in [2.05, 4.69) is 29.6 Å². The highest BCUT2D eigenvalue weighted by molar-refractivity contribution is 5.95. The monoisotopic (exact) mass is 335 g/mol. The van der Waals surface area contributed by atoms with Gasteiger partial charge in [0.05, 0.1) is 13.7 Å². The maximum atomic E-state index is 12.4. The minimum absolute atomic E-state index is 0.144. The maximum Gasteiger partial charge on any atom is 0.251 e. The Morgan fingerprint density at radius 1 is 0.960 bits per heavy atom. The molecular weight excluding hydrogens is 314 g/mol. The highest BCUT2D eigenvalue weighted by Crippen LogP contribution is 2.28. The number of carbonyl (C=O) groups excluding carboxylic acids is 1. The number of amides is 1. The Balaban J connectivity index is 1.71. The number of methoxy groups -OCH3 is 1. The molecule has 4 nitrogen and oxygen atoms in total. The molecule has 0 aliphatic rings. The van der Waals surface area contributed by atoms with E-state index in [1.165, 1.54) is 5.39 Å². The van der Waals surface area contributed by atoms with Crippen molar-refractivity contribution in [2.24, 2.45) is 0 Å². The number of hydrogen-bond acceptors (Lipinski definition) is 3. The Hall–Kier alpha value is -3.01. The van der Waals surface area contributed by atoms with Gasteiger partial charge in [0.15, 0.2) is 11.5 Å². The van der Waals surface area contributed by atoms with E-state index in [-0.39, 0.29) is 5.91 Å². The van der Waals surface area contributed by atoms with Crippen molar-refractivity contribution in [1.82, 2.24) is 5.32 Å². The smallest absolute Gasteiger partial charge is 0.251 e. The first-order chi connectivity index (χ1) is 12.2. The van der Waals surface area contributed by atoms with E-state index in [4.69, 9.17) is 9.47 Å². The molecule has 4 heteroatoms. The number of ether oxygens (including phenoxy) is 2. The van der Waals surface area contributed by atoms with Gasteiger partial charge in [-0.3, -0.25) is 4.79 Å². The summed E-state index contributed by atoms with van der Waals surface area (Å²) in [7, 11) is 1.56. The average Bonchev–Trinajstić information content (AvgIpc) is 2.66. The van der Waals surface area contributed by atoms with Gasteiger partial charge < -0.3 is 14.8 Å². The van der Waals surface area contributed by atoms with Crippen molar-refractivity contribution in [2.45, 2.75) is 13.5 Å². The fraction of sp³-hybridized carbons (Fsp3) is 0.190. The van der Waals surface area contributed by atoms with Crippen LogP contribution in [0.5, 0.6) is 11.5 Å². The summed E-state index contributed by atoms with van der Waals surface area (Å²) in [5.74, 6) is 1.05. The Labute approximate surface area is 147 Å². The molecule has 128 valence electrons. The molecule has 0 radical (unpaired) electrons. The fourth-order valence-corrected chi connectivity index (χ4v) is 2.72. The van der Waals surface area contributed by atoms with E-state index in [9.17, 15) is 4.79 Å². The summed E-state index contributed by atoms with van der Waals surface area (Å²) in [4.78, 5) is 12.4. The van der Waals surface area contributed by atoms with Crippen molar-refractivity contribution in [2.75, 3.05) is 13.7 Å². The zero-order chi connectivity index (χ0) is 17.6. The van der Waals surface area contributed by atoms with Crippen molar-refractivity contribution >= 4 is 16.7 Å². The van der Waals surface area contributed by atoms with E-state index < -0.39 is 0 Å². The first-order valence-electron chi connectivity index (χ1n) is 8.28. The van der Waals surface area contributed by atoms with Gasteiger partial charge >= 0.3 is 0 Å². The van der Waals surface area contributed by atoms with Crippen LogP contribution in [-0.2, 0) is 6.54 Å². The number of rotatable bonds is 6. The predicted molar refractivity (Wildman–Crippen MR) is 99.3 cm³/mol. The molecule has 1 N–H and O–H groups in total. The summed E-state index contributed by atoms with van der Waals surface area (Å²) < 4.78 is 10.8. The van der Waals surface area contributed by atoms with Crippen molar-refractivity contribution in [3.8, 4) is 11.5 Å². The van der Waals surface area contributed by atoms with Crippen LogP contribution in [0.3, 0.4) is 0 Å². The van der Waals surface area contributed by atoms with Crippen LogP contribution < -0.4 is 14.8 Å². The largest absolute Gasteiger partial charge is 0.493 e. The normalized spacial score (nSPS) is 10.5. The van der Waals surface area contributed by atoms with Crippen LogP contribution in [0.15, 0.2) is 60.7 Å². The van der Waals surface area contributed by atoms with Crippen LogP contribution in [0.1, 0.15) is 22.8 Å². The Morgan fingerprint density at radius 2 is 1.76 bits per heavy atom. The SMILES string of the molecule is CCOc1ccc(C(=O)NCc2ccc3ccccc3c2)cc1OC. The molecule has 0 aliphatic carbocycles. The topological polar surface area (TPSA) is 47.6 Å². The summed E-state index contributed by atoms with van der Waals surface area (Å²) in [6.45, 7) is 2.92. The third-order valence-electron chi connectivity index (χ3n) is 3.99. The van der Waals surface area contributed by atoms with Gasteiger partial charge in [0.2, 0.25) is 0 Å². The number of nitrogens with one attached hydrogen (secondary N) is 1. The molecule has 0 fully saturated rings. The first-order valence-corrected chi connectivity index (χ1v) is 8.28. The molecule has 0 saturated carbocycles. The van der Waals surface area contributed by atoms with E-state index in [1.807, 2.05) is 25.1 Å². The molecule has 3 rings (SSSR count). The van der Waals surface area contributed by atoms with Gasteiger partial charge in [-0.25, -0.2) is 0 Å². The number of hydrogen-bond donors (Lipinski definition) is 1. The van der Waals surface area contributed by atoms with Gasteiger partial charge in [0.25, 0.3) is 5.91 Å². The van der Waals surface area contributed by atoms with Crippen molar-refractivity contribution in [3.05, 3.63) is 71.8 Å². The lowest BCUT2D eigenvalue weighted by Crippen LogP contribution is -2.22. The molecular formula is C21H21NO3. The maximum absolute atomic E-state index is 12.4. The number of carbonyl (C=O) groups is 1. The van der Waals surface area contributed by atoms with Gasteiger partial charge in [-0.15, -0.1) is 0 Å². The van der Waals surface area contributed by atoms with Crippen LogP contribution in [-0.4, -0.2) is 19.6 Å². The molecule has 0 saturated heterocycles. The summed E-state index contributed by atoms with van der Waals surface area (Å²) >= 11 is 0. The van der Waals surface area contributed by atoms with Crippen LogP contribution in [0.4, 0.5) is 0 Å². The quantitative estimate of drug-likeness (QED) is 0.735. The van der Waals surface area contributed by atoms with Crippen LogP contribution in [0, 0.1) is 0 Å². The molecule has 0 bridgehead atoms. The third-order valence-corrected chi connectivity index (χ3v) is 3.99. The molecule has 1 amide bonds. The standard InChI is InChI=1S/C21H21NO3/c1-3-25-19-11-10-18(13-20(19)24-2)21(23)22-14-15-8-9-16-6-4-5-7-17(16)12-15/h4-13H,3,14H2,1-2H3,(H,22,23). The minimum Gasteiger partial charge on any atom is -0.493 e. The second-order valence-electron chi connectivity index (χ2n) is 5.66. The molecule has 0 unspecified atom stereocenters. The highest BCUT2D eigenvalue weighted by Gasteiger charge is 2.11. The lowest BCUT2D eigenvalue weighted by molar-refractivity contribution is 0.0950. The summed E-state index contributed by atoms with van der Waals surface area (Å²) in [6.07, 6.45) is 0. The molecule has 0 spiro atoms. The van der Waals surface area contributed by atoms with Gasteiger partial charge in [0.1, 0.15) is 0 Å². The number of benzene rings is 3. The van der Waals surface area contributed by atoms with Crippen LogP contribution in [0.25, 0.3) is 10.8 Å². The molecule has 3 aromatic carbocycles. The molecule has 25 heavy (non-hydrogen) atoms. The summed E-state index contributed by atoms with van der Waals surface area (Å²) in [5, 5.41) is 5.30. The molecule has 0 heterocycles. The first kappa shape index (κ1) is 16.8. The molecule has 0 aromatic heterocycles. The van der Waals surface area contributed by atoms with Gasteiger partial charge in [-0.2, -0.15) is 0 Å². The summed E-state index contributed by atoms with van der Waals surface area (Å²) in [5.41, 5.74) is 1.60. The zero-order valence-electron chi connectivity index (χ0n) is 14.4. The zero-order valence-corrected chi connectivity index (χ0v) is 14.4. The number of fused-ring (bicyclic) bond motifs is 1. The molecule has 0 atom stereocenters. The van der Waals surface area contributed by atoms with Crippen LogP contribution >= 0.6 is 0 Å². The van der Waals surface area contributed by atoms with E-state index in [0.29, 0.717) is 30.2 Å². The second kappa shape index (κ2) is 7.71. The van der Waals surface area contributed by atoms with Gasteiger partial charge in [-0.05, 0) is 47.5 Å². The van der Waals surface area contributed by atoms with E-state index in [1.54, 1.807) is 25.3 Å². The minimum atomic E-state index is -0.144. The molecule has 3 aromatic rings. The lowest BCUT2D eigenvalue weighted by atomic mass is 10.1. The van der Waals surface area contributed by atoms with Crippen molar-refractivity contribution in [3.63, 3.8) is 0 Å². The third kappa shape index (κ3) is 3.91. The predicted octanol–water partition coefficient (Wildman–Crippen LogP) is 4.18. The Kier molecular flexibility index (Phi) is 5.19. The van der Waals surface area contributed by atoms with Crippen molar-refractivity contribution < 1.29 is 14.3 Å². The van der Waals surface area contributed by atoms with E-state index >= 15 is 0 Å². The van der Waals surface area contributed by atoms with E-state index in [0.717, 1.165) is 10.9 Å². The van der Waals surface area contributed by atoms with Gasteiger partial charge in [-0.1, -0.05) is 36.4 Å². The summed E-state index contributed by atoms with van der Waals surface area (Å²) in [6, 6.07) is 19.5. The Bertz CT molecular complexity index is 889. The molecule has 0 aliphatic heterocycles. The highest BCUT2D eigenvalue weighted by atomic mass is 16.5.